The van der Waals surface area contributed by atoms with Crippen LogP contribution in [0.1, 0.15) is 0 Å². The molecule has 114 valence electrons. The van der Waals surface area contributed by atoms with Gasteiger partial charge < -0.3 is 40.9 Å². The molecule has 0 bridgehead atoms. The molecule has 0 aromatic carbocycles. The van der Waals surface area contributed by atoms with Crippen molar-refractivity contribution in [2.24, 2.45) is 0 Å². The first-order valence-electron chi connectivity index (χ1n) is 4.13. The Bertz CT molecular complexity index is 249. The minimum absolute atomic E-state index is 0. The van der Waals surface area contributed by atoms with Crippen molar-refractivity contribution in [3.05, 3.63) is 0 Å². The van der Waals surface area contributed by atoms with Gasteiger partial charge in [0.25, 0.3) is 0 Å². The van der Waals surface area contributed by atoms with Crippen molar-refractivity contribution in [1.82, 2.24) is 0 Å². The Kier molecular flexibility index (Phi) is 32.7. The third kappa shape index (κ3) is 18.4. The van der Waals surface area contributed by atoms with E-state index in [1.165, 1.54) is 0 Å². The molecule has 0 aliphatic rings. The average molecular weight is 384 g/mol. The molecule has 0 heterocycles. The number of carbonyl (C=O) groups is 2. The topological polar surface area (TPSA) is 196 Å². The molecule has 0 amide bonds. The molecule has 4 atom stereocenters. The van der Waals surface area contributed by atoms with E-state index >= 15 is 0 Å². The van der Waals surface area contributed by atoms with E-state index in [0.717, 1.165) is 0 Å². The minimum atomic E-state index is -2.20. The summed E-state index contributed by atoms with van der Waals surface area (Å²) in [6, 6.07) is 0. The van der Waals surface area contributed by atoms with Crippen LogP contribution in [0.15, 0.2) is 0 Å². The average Bonchev–Trinajstić information content (AvgIpc) is 2.23. The van der Waals surface area contributed by atoms with Gasteiger partial charge in [-0.15, -0.1) is 0 Å². The van der Waals surface area contributed by atoms with Gasteiger partial charge in [0.05, 0.1) is 6.61 Å². The molecule has 0 fully saturated rings. The van der Waals surface area contributed by atoms with E-state index in [4.69, 9.17) is 45.6 Å². The SMILES string of the molecule is O=C(O)C(O)C(O)C(O)C(O)CO.O=C(O)O.[CaH2].[CaH2].[CaH2]. The van der Waals surface area contributed by atoms with Crippen LogP contribution in [0.3, 0.4) is 0 Å². The molecule has 4 unspecified atom stereocenters. The van der Waals surface area contributed by atoms with Gasteiger partial charge in [-0.05, 0) is 0 Å². The zero-order valence-electron chi connectivity index (χ0n) is 8.41. The van der Waals surface area contributed by atoms with Crippen molar-refractivity contribution < 1.29 is 50.4 Å². The van der Waals surface area contributed by atoms with Crippen molar-refractivity contribution in [3.63, 3.8) is 0 Å². The van der Waals surface area contributed by atoms with Gasteiger partial charge in [-0.25, -0.2) is 9.59 Å². The normalized spacial score (nSPS) is 14.4. The van der Waals surface area contributed by atoms with Gasteiger partial charge in [0.2, 0.25) is 0 Å². The Morgan fingerprint density at radius 3 is 1.30 bits per heavy atom. The van der Waals surface area contributed by atoms with Gasteiger partial charge in [-0.1, -0.05) is 0 Å². The standard InChI is InChI=1S/C6H12O7.CH2O3.3Ca.6H/c7-1-2(8)3(9)4(10)5(11)6(12)13;2-1(3)4;;;;;;;;;/h2-5,7-11H,1H2,(H,12,13);(H2,2,3,4);;;;;;;;;. The zero-order chi connectivity index (χ0) is 14.2. The Hall–Kier alpha value is 2.32. The number of aliphatic carboxylic acids is 1. The third-order valence-corrected chi connectivity index (χ3v) is 1.51. The summed E-state index contributed by atoms with van der Waals surface area (Å²) >= 11 is 0. The molecule has 8 N–H and O–H groups in total. The van der Waals surface area contributed by atoms with Crippen molar-refractivity contribution in [2.75, 3.05) is 6.61 Å². The van der Waals surface area contributed by atoms with Crippen molar-refractivity contribution >= 4 is 125 Å². The molecule has 0 radical (unpaired) electrons. The van der Waals surface area contributed by atoms with Gasteiger partial charge in [0.1, 0.15) is 18.3 Å². The summed E-state index contributed by atoms with van der Waals surface area (Å²) in [4.78, 5) is 18.6. The Labute approximate surface area is 203 Å². The molecule has 10 nitrogen and oxygen atoms in total. The maximum atomic E-state index is 10.1. The molecule has 0 saturated heterocycles. The molecule has 0 aromatic heterocycles. The molecular formula is C7H20Ca3O10. The van der Waals surface area contributed by atoms with Crippen molar-refractivity contribution in [3.8, 4) is 0 Å². The van der Waals surface area contributed by atoms with E-state index in [-0.39, 0.29) is 113 Å². The van der Waals surface area contributed by atoms with Gasteiger partial charge in [0.15, 0.2) is 6.10 Å². The Balaban J connectivity index is -0.0000000951. The van der Waals surface area contributed by atoms with Crippen molar-refractivity contribution in [2.45, 2.75) is 24.4 Å². The van der Waals surface area contributed by atoms with E-state index in [1.54, 1.807) is 0 Å². The fourth-order valence-corrected chi connectivity index (χ4v) is 0.668. The molecule has 0 aliphatic heterocycles. The van der Waals surface area contributed by atoms with E-state index in [9.17, 15) is 4.79 Å². The Morgan fingerprint density at radius 1 is 0.800 bits per heavy atom. The van der Waals surface area contributed by atoms with Crippen LogP contribution < -0.4 is 0 Å². The van der Waals surface area contributed by atoms with E-state index < -0.39 is 43.1 Å². The summed E-state index contributed by atoms with van der Waals surface area (Å²) in [7, 11) is 0. The first-order valence-corrected chi connectivity index (χ1v) is 4.13. The number of carboxylic acids is 1. The fourth-order valence-electron chi connectivity index (χ4n) is 0.668. The number of hydrogen-bond donors (Lipinski definition) is 8. The van der Waals surface area contributed by atoms with Crippen LogP contribution in [-0.4, -0.2) is 197 Å². The molecule has 0 saturated carbocycles. The molecule has 0 rings (SSSR count). The molecule has 20 heavy (non-hydrogen) atoms. The summed E-state index contributed by atoms with van der Waals surface area (Å²) in [5, 5.41) is 65.8. The molecular weight excluding hydrogens is 364 g/mol. The number of hydrogen-bond acceptors (Lipinski definition) is 7. The summed E-state index contributed by atoms with van der Waals surface area (Å²) in [6.07, 6.45) is -9.67. The van der Waals surface area contributed by atoms with Crippen molar-refractivity contribution in [1.29, 1.82) is 0 Å². The molecule has 0 aliphatic carbocycles. The number of aliphatic hydroxyl groups is 5. The van der Waals surface area contributed by atoms with Gasteiger partial charge in [0, 0.05) is 0 Å². The quantitative estimate of drug-likeness (QED) is 0.211. The van der Waals surface area contributed by atoms with Crippen LogP contribution in [0.25, 0.3) is 0 Å². The van der Waals surface area contributed by atoms with Gasteiger partial charge in [-0.2, -0.15) is 0 Å². The second-order valence-electron chi connectivity index (χ2n) is 2.80. The molecule has 13 heteroatoms. The summed E-state index contributed by atoms with van der Waals surface area (Å²) in [6.45, 7) is -0.843. The third-order valence-electron chi connectivity index (χ3n) is 1.51. The first kappa shape index (κ1) is 33.8. The van der Waals surface area contributed by atoms with Crippen LogP contribution in [0.2, 0.25) is 0 Å². The number of aliphatic hydroxyl groups excluding tert-OH is 5. The van der Waals surface area contributed by atoms with Crippen LogP contribution in [0.5, 0.6) is 0 Å². The zero-order valence-corrected chi connectivity index (χ0v) is 8.41. The molecule has 0 spiro atoms. The second kappa shape index (κ2) is 19.4. The summed E-state index contributed by atoms with van der Waals surface area (Å²) < 4.78 is 0. The number of carboxylic acid groups (broad SMARTS) is 3. The second-order valence-corrected chi connectivity index (χ2v) is 2.80. The van der Waals surface area contributed by atoms with E-state index in [1.807, 2.05) is 0 Å². The summed E-state index contributed by atoms with van der Waals surface area (Å²) in [5.41, 5.74) is 0. The monoisotopic (exact) mass is 384 g/mol. The molecule has 0 aromatic rings. The van der Waals surface area contributed by atoms with Crippen LogP contribution >= 0.6 is 0 Å². The van der Waals surface area contributed by atoms with E-state index in [0.29, 0.717) is 0 Å². The predicted octanol–water partition coefficient (Wildman–Crippen LogP) is -6.02. The van der Waals surface area contributed by atoms with Crippen LogP contribution in [-0.2, 0) is 4.79 Å². The van der Waals surface area contributed by atoms with Crippen LogP contribution in [0, 0.1) is 0 Å². The fraction of sp³-hybridized carbons (Fsp3) is 0.714. The summed E-state index contributed by atoms with van der Waals surface area (Å²) in [5.74, 6) is -1.73. The predicted molar refractivity (Wildman–Crippen MR) is 75.0 cm³/mol. The Morgan fingerprint density at radius 2 is 1.10 bits per heavy atom. The van der Waals surface area contributed by atoms with Gasteiger partial charge in [-0.3, -0.25) is 0 Å². The van der Waals surface area contributed by atoms with Crippen LogP contribution in [0.4, 0.5) is 4.79 Å². The van der Waals surface area contributed by atoms with Gasteiger partial charge >= 0.3 is 125 Å². The number of rotatable bonds is 5. The maximum absolute atomic E-state index is 10.1. The first-order chi connectivity index (χ1) is 7.64. The van der Waals surface area contributed by atoms with E-state index in [2.05, 4.69) is 0 Å².